The van der Waals surface area contributed by atoms with Gasteiger partial charge in [-0.2, -0.15) is 5.10 Å². The molecule has 3 aromatic heterocycles. The van der Waals surface area contributed by atoms with Gasteiger partial charge in [0.25, 0.3) is 5.56 Å². The molecular formula is C17H14ClN7O2S3. The number of thioether (sulfide) groups is 2. The second kappa shape index (κ2) is 9.16. The van der Waals surface area contributed by atoms with Crippen molar-refractivity contribution in [3.05, 3.63) is 45.8 Å². The van der Waals surface area contributed by atoms with E-state index >= 15 is 0 Å². The summed E-state index contributed by atoms with van der Waals surface area (Å²) in [6, 6.07) is 7.08. The molecule has 3 heterocycles. The van der Waals surface area contributed by atoms with E-state index in [0.717, 1.165) is 21.9 Å². The third-order valence-corrected chi connectivity index (χ3v) is 6.69. The molecule has 0 aliphatic heterocycles. The predicted molar refractivity (Wildman–Crippen MR) is 120 cm³/mol. The lowest BCUT2D eigenvalue weighted by atomic mass is 10.3. The quantitative estimate of drug-likeness (QED) is 0.235. The number of nitrogens with zero attached hydrogens (tertiary/aromatic N) is 5. The minimum Gasteiger partial charge on any atom is -0.301 e. The normalized spacial score (nSPS) is 11.1. The summed E-state index contributed by atoms with van der Waals surface area (Å²) in [7, 11) is 0. The summed E-state index contributed by atoms with van der Waals surface area (Å²) in [5, 5.41) is 16.5. The van der Waals surface area contributed by atoms with Crippen LogP contribution in [0.3, 0.4) is 0 Å². The molecule has 0 atom stereocenters. The van der Waals surface area contributed by atoms with Crippen LogP contribution in [-0.4, -0.2) is 47.4 Å². The van der Waals surface area contributed by atoms with Crippen molar-refractivity contribution in [1.82, 2.24) is 29.9 Å². The van der Waals surface area contributed by atoms with Gasteiger partial charge in [-0.05, 0) is 24.0 Å². The molecule has 2 N–H and O–H groups in total. The summed E-state index contributed by atoms with van der Waals surface area (Å²) in [4.78, 5) is 31.8. The number of halogens is 1. The minimum absolute atomic E-state index is 0.0512. The molecule has 4 aromatic rings. The van der Waals surface area contributed by atoms with Gasteiger partial charge in [-0.1, -0.05) is 59.5 Å². The zero-order valence-corrected chi connectivity index (χ0v) is 18.7. The molecule has 30 heavy (non-hydrogen) atoms. The van der Waals surface area contributed by atoms with Gasteiger partial charge < -0.3 is 4.98 Å². The fourth-order valence-electron chi connectivity index (χ4n) is 2.49. The first-order chi connectivity index (χ1) is 14.5. The van der Waals surface area contributed by atoms with E-state index in [4.69, 9.17) is 11.6 Å². The molecule has 0 aliphatic carbocycles. The SMILES string of the molecule is CCSc1nnc(NC(=O)CSc2nc3c(cnn3-c3cccc(Cl)c3)c(=O)[nH]2)s1. The van der Waals surface area contributed by atoms with Gasteiger partial charge in [-0.3, -0.25) is 14.9 Å². The Morgan fingerprint density at radius 3 is 3.00 bits per heavy atom. The number of aromatic nitrogens is 6. The first kappa shape index (κ1) is 20.8. The second-order valence-corrected chi connectivity index (χ2v) is 9.68. The number of nitrogens with one attached hydrogen (secondary N) is 2. The van der Waals surface area contributed by atoms with Crippen LogP contribution in [-0.2, 0) is 4.79 Å². The highest BCUT2D eigenvalue weighted by Gasteiger charge is 2.14. The van der Waals surface area contributed by atoms with Crippen LogP contribution in [0, 0.1) is 0 Å². The van der Waals surface area contributed by atoms with Gasteiger partial charge in [0.05, 0.1) is 17.6 Å². The van der Waals surface area contributed by atoms with Crippen LogP contribution in [0.5, 0.6) is 0 Å². The molecule has 9 nitrogen and oxygen atoms in total. The molecule has 0 aliphatic rings. The maximum atomic E-state index is 12.4. The molecule has 0 radical (unpaired) electrons. The Bertz CT molecular complexity index is 1270. The minimum atomic E-state index is -0.332. The highest BCUT2D eigenvalue weighted by atomic mass is 35.5. The number of H-pyrrole nitrogens is 1. The van der Waals surface area contributed by atoms with Gasteiger partial charge in [0.2, 0.25) is 11.0 Å². The summed E-state index contributed by atoms with van der Waals surface area (Å²) in [5.41, 5.74) is 0.733. The lowest BCUT2D eigenvalue weighted by Crippen LogP contribution is -2.15. The molecule has 0 fully saturated rings. The fourth-order valence-corrected chi connectivity index (χ4v) is 5.00. The maximum absolute atomic E-state index is 12.4. The number of amides is 1. The number of fused-ring (bicyclic) bond motifs is 1. The number of benzene rings is 1. The van der Waals surface area contributed by atoms with Crippen LogP contribution < -0.4 is 10.9 Å². The standard InChI is InChI=1S/C17H14ClN7O2S3/c1-2-28-17-24-23-16(30-17)20-12(26)8-29-15-21-13-11(14(27)22-15)7-19-25(13)10-5-3-4-9(18)6-10/h3-7H,2,8H2,1H3,(H,20,23,26)(H,21,22,27). The van der Waals surface area contributed by atoms with Gasteiger partial charge >= 0.3 is 0 Å². The maximum Gasteiger partial charge on any atom is 0.262 e. The topological polar surface area (TPSA) is 118 Å². The molecule has 0 saturated carbocycles. The molecule has 0 spiro atoms. The number of hydrogen-bond acceptors (Lipinski definition) is 9. The lowest BCUT2D eigenvalue weighted by Gasteiger charge is -2.05. The summed E-state index contributed by atoms with van der Waals surface area (Å²) >= 11 is 10.0. The highest BCUT2D eigenvalue weighted by molar-refractivity contribution is 8.01. The smallest absolute Gasteiger partial charge is 0.262 e. The Kier molecular flexibility index (Phi) is 6.37. The van der Waals surface area contributed by atoms with Crippen LogP contribution in [0.25, 0.3) is 16.7 Å². The number of hydrogen-bond donors (Lipinski definition) is 2. The molecule has 0 bridgehead atoms. The average molecular weight is 480 g/mol. The van der Waals surface area contributed by atoms with E-state index in [1.54, 1.807) is 30.0 Å². The van der Waals surface area contributed by atoms with Crippen LogP contribution in [0.1, 0.15) is 6.92 Å². The predicted octanol–water partition coefficient (Wildman–Crippen LogP) is 3.46. The summed E-state index contributed by atoms with van der Waals surface area (Å²) in [6.07, 6.45) is 1.45. The van der Waals surface area contributed by atoms with E-state index in [1.165, 1.54) is 22.2 Å². The van der Waals surface area contributed by atoms with E-state index in [2.05, 4.69) is 30.6 Å². The van der Waals surface area contributed by atoms with Crippen molar-refractivity contribution in [2.45, 2.75) is 16.4 Å². The van der Waals surface area contributed by atoms with Crippen molar-refractivity contribution < 1.29 is 4.79 Å². The van der Waals surface area contributed by atoms with E-state index in [-0.39, 0.29) is 17.2 Å². The monoisotopic (exact) mass is 479 g/mol. The van der Waals surface area contributed by atoms with Crippen molar-refractivity contribution in [1.29, 1.82) is 0 Å². The number of carbonyl (C=O) groups excluding carboxylic acids is 1. The Balaban J connectivity index is 1.51. The van der Waals surface area contributed by atoms with Gasteiger partial charge in [0.15, 0.2) is 15.1 Å². The van der Waals surface area contributed by atoms with Gasteiger partial charge in [0.1, 0.15) is 5.39 Å². The van der Waals surface area contributed by atoms with E-state index in [0.29, 0.717) is 32.0 Å². The van der Waals surface area contributed by atoms with Crippen molar-refractivity contribution in [2.24, 2.45) is 0 Å². The summed E-state index contributed by atoms with van der Waals surface area (Å²) in [5.74, 6) is 0.664. The molecule has 4 rings (SSSR count). The van der Waals surface area contributed by atoms with Crippen molar-refractivity contribution in [3.63, 3.8) is 0 Å². The number of aromatic amines is 1. The molecule has 0 saturated heterocycles. The van der Waals surface area contributed by atoms with E-state index in [1.807, 2.05) is 13.0 Å². The third-order valence-electron chi connectivity index (χ3n) is 3.73. The Hall–Kier alpha value is -2.41. The molecule has 0 unspecified atom stereocenters. The first-order valence-electron chi connectivity index (χ1n) is 8.66. The largest absolute Gasteiger partial charge is 0.301 e. The molecule has 1 aromatic carbocycles. The number of rotatable bonds is 7. The zero-order chi connectivity index (χ0) is 21.1. The summed E-state index contributed by atoms with van der Waals surface area (Å²) < 4.78 is 2.33. The Morgan fingerprint density at radius 1 is 1.33 bits per heavy atom. The van der Waals surface area contributed by atoms with Crippen molar-refractivity contribution in [3.8, 4) is 5.69 Å². The number of anilines is 1. The van der Waals surface area contributed by atoms with Crippen molar-refractivity contribution in [2.75, 3.05) is 16.8 Å². The molecule has 1 amide bonds. The van der Waals surface area contributed by atoms with Crippen LogP contribution in [0.2, 0.25) is 5.02 Å². The van der Waals surface area contributed by atoms with Gasteiger partial charge in [-0.25, -0.2) is 9.67 Å². The molecular weight excluding hydrogens is 466 g/mol. The van der Waals surface area contributed by atoms with Gasteiger partial charge in [-0.15, -0.1) is 10.2 Å². The van der Waals surface area contributed by atoms with Crippen LogP contribution >= 0.6 is 46.5 Å². The van der Waals surface area contributed by atoms with Crippen LogP contribution in [0.4, 0.5) is 5.13 Å². The first-order valence-corrected chi connectivity index (χ1v) is 11.8. The Morgan fingerprint density at radius 2 is 2.20 bits per heavy atom. The second-order valence-electron chi connectivity index (χ2n) is 5.79. The zero-order valence-electron chi connectivity index (χ0n) is 15.5. The van der Waals surface area contributed by atoms with E-state index < -0.39 is 0 Å². The lowest BCUT2D eigenvalue weighted by molar-refractivity contribution is -0.113. The summed E-state index contributed by atoms with van der Waals surface area (Å²) in [6.45, 7) is 2.02. The van der Waals surface area contributed by atoms with Crippen molar-refractivity contribution >= 4 is 68.5 Å². The van der Waals surface area contributed by atoms with Gasteiger partial charge in [0, 0.05) is 5.02 Å². The number of carbonyl (C=O) groups is 1. The average Bonchev–Trinajstić information content (AvgIpc) is 3.34. The molecule has 13 heteroatoms. The van der Waals surface area contributed by atoms with Crippen LogP contribution in [0.15, 0.2) is 44.8 Å². The fraction of sp³-hybridized carbons (Fsp3) is 0.176. The molecule has 154 valence electrons. The highest BCUT2D eigenvalue weighted by Crippen LogP contribution is 2.25. The van der Waals surface area contributed by atoms with E-state index in [9.17, 15) is 9.59 Å². The Labute approximate surface area is 187 Å². The third kappa shape index (κ3) is 4.67.